The molecule has 0 aromatic heterocycles. The van der Waals surface area contributed by atoms with Gasteiger partial charge in [-0.15, -0.1) is 0 Å². The molecule has 2 aromatic carbocycles. The van der Waals surface area contributed by atoms with Crippen LogP contribution in [0.1, 0.15) is 30.1 Å². The van der Waals surface area contributed by atoms with Crippen molar-refractivity contribution in [3.8, 4) is 5.75 Å². The predicted molar refractivity (Wildman–Crippen MR) is 81.4 cm³/mol. The summed E-state index contributed by atoms with van der Waals surface area (Å²) < 4.78 is 24.8. The molecule has 0 aliphatic carbocycles. The van der Waals surface area contributed by atoms with Gasteiger partial charge in [-0.25, -0.2) is 4.39 Å². The number of hydrogen-bond donors (Lipinski definition) is 0. The molecule has 1 unspecified atom stereocenters. The highest BCUT2D eigenvalue weighted by atomic mass is 19.1. The maximum absolute atomic E-state index is 13.7. The molecule has 0 saturated carbocycles. The van der Waals surface area contributed by atoms with Crippen molar-refractivity contribution in [3.05, 3.63) is 75.7 Å². The van der Waals surface area contributed by atoms with Crippen molar-refractivity contribution in [2.75, 3.05) is 6.61 Å². The van der Waals surface area contributed by atoms with Crippen molar-refractivity contribution < 1.29 is 13.9 Å². The monoisotopic (exact) mass is 300 g/mol. The average Bonchev–Trinajstić information content (AvgIpc) is 3.03. The first-order chi connectivity index (χ1) is 10.7. The molecule has 1 saturated heterocycles. The quantitative estimate of drug-likeness (QED) is 0.865. The summed E-state index contributed by atoms with van der Waals surface area (Å²) in [5.41, 5.74) is 0.988. The third-order valence-electron chi connectivity index (χ3n) is 3.69. The van der Waals surface area contributed by atoms with Crippen LogP contribution in [0.2, 0.25) is 0 Å². The van der Waals surface area contributed by atoms with Crippen molar-refractivity contribution in [1.82, 2.24) is 0 Å². The first kappa shape index (κ1) is 14.7. The van der Waals surface area contributed by atoms with Gasteiger partial charge in [0, 0.05) is 12.2 Å². The van der Waals surface area contributed by atoms with Gasteiger partial charge in [0.2, 0.25) is 5.43 Å². The van der Waals surface area contributed by atoms with Crippen molar-refractivity contribution in [3.63, 3.8) is 0 Å². The van der Waals surface area contributed by atoms with Crippen LogP contribution in [0.25, 0.3) is 0 Å². The van der Waals surface area contributed by atoms with Crippen molar-refractivity contribution in [2.24, 2.45) is 0 Å². The molecule has 1 heterocycles. The van der Waals surface area contributed by atoms with Gasteiger partial charge in [-0.05, 0) is 36.6 Å². The predicted octanol–water partition coefficient (Wildman–Crippen LogP) is 3.62. The summed E-state index contributed by atoms with van der Waals surface area (Å²) >= 11 is 0. The summed E-state index contributed by atoms with van der Waals surface area (Å²) in [4.78, 5) is 12.6. The second-order valence-corrected chi connectivity index (χ2v) is 5.29. The highest BCUT2D eigenvalue weighted by molar-refractivity contribution is 5.30. The van der Waals surface area contributed by atoms with E-state index in [0.29, 0.717) is 12.2 Å². The number of halogens is 1. The van der Waals surface area contributed by atoms with E-state index in [1.54, 1.807) is 0 Å². The number of benzene rings is 1. The molecule has 3 nitrogen and oxygen atoms in total. The van der Waals surface area contributed by atoms with Gasteiger partial charge in [-0.3, -0.25) is 4.79 Å². The summed E-state index contributed by atoms with van der Waals surface area (Å²) in [5, 5.41) is 0. The van der Waals surface area contributed by atoms with Crippen LogP contribution in [0.3, 0.4) is 0 Å². The Kier molecular flexibility index (Phi) is 4.49. The summed E-state index contributed by atoms with van der Waals surface area (Å²) in [6.45, 7) is 0.872. The van der Waals surface area contributed by atoms with E-state index in [9.17, 15) is 9.18 Å². The van der Waals surface area contributed by atoms with Crippen molar-refractivity contribution in [1.29, 1.82) is 0 Å². The first-order valence-corrected chi connectivity index (χ1v) is 7.36. The Bertz CT molecular complexity index is 694. The molecule has 1 aliphatic heterocycles. The molecule has 114 valence electrons. The maximum Gasteiger partial charge on any atom is 0.226 e. The molecule has 1 atom stereocenters. The van der Waals surface area contributed by atoms with Crippen LogP contribution < -0.4 is 10.2 Å². The molecule has 22 heavy (non-hydrogen) atoms. The summed E-state index contributed by atoms with van der Waals surface area (Å²) in [7, 11) is 0. The van der Waals surface area contributed by atoms with Gasteiger partial charge in [0.15, 0.2) is 5.75 Å². The molecule has 1 fully saturated rings. The van der Waals surface area contributed by atoms with Gasteiger partial charge >= 0.3 is 0 Å². The van der Waals surface area contributed by atoms with Crippen LogP contribution >= 0.6 is 0 Å². The molecular weight excluding hydrogens is 283 g/mol. The van der Waals surface area contributed by atoms with E-state index in [2.05, 4.69) is 0 Å². The zero-order chi connectivity index (χ0) is 15.4. The highest BCUT2D eigenvalue weighted by Gasteiger charge is 2.22. The molecule has 0 spiro atoms. The van der Waals surface area contributed by atoms with Crippen LogP contribution in [-0.2, 0) is 11.3 Å². The van der Waals surface area contributed by atoms with E-state index >= 15 is 0 Å². The zero-order valence-electron chi connectivity index (χ0n) is 12.1. The molecular formula is C18H17FO3. The zero-order valence-corrected chi connectivity index (χ0v) is 12.1. The van der Waals surface area contributed by atoms with Crippen molar-refractivity contribution >= 4 is 0 Å². The minimum absolute atomic E-state index is 0.151. The maximum atomic E-state index is 13.7. The fraction of sp³-hybridized carbons (Fsp3) is 0.278. The van der Waals surface area contributed by atoms with Crippen LogP contribution in [0.4, 0.5) is 4.39 Å². The number of rotatable bonds is 4. The molecule has 4 heteroatoms. The fourth-order valence-corrected chi connectivity index (χ4v) is 2.55. The Morgan fingerprint density at radius 2 is 2.00 bits per heavy atom. The smallest absolute Gasteiger partial charge is 0.226 e. The van der Waals surface area contributed by atoms with E-state index in [4.69, 9.17) is 9.47 Å². The SMILES string of the molecule is O=c1c(OCc2ccccc2)ccc(F)cc1C1CCCO1. The average molecular weight is 300 g/mol. The van der Waals surface area contributed by atoms with E-state index in [1.807, 2.05) is 30.3 Å². The lowest BCUT2D eigenvalue weighted by molar-refractivity contribution is 0.110. The minimum atomic E-state index is -0.461. The van der Waals surface area contributed by atoms with Gasteiger partial charge in [0.1, 0.15) is 12.4 Å². The molecule has 2 aromatic rings. The molecule has 0 amide bonds. The molecule has 0 bridgehead atoms. The minimum Gasteiger partial charge on any atom is -0.485 e. The number of ether oxygens (including phenoxy) is 2. The van der Waals surface area contributed by atoms with Gasteiger partial charge < -0.3 is 9.47 Å². The van der Waals surface area contributed by atoms with E-state index in [1.165, 1.54) is 18.2 Å². The Morgan fingerprint density at radius 3 is 2.73 bits per heavy atom. The van der Waals surface area contributed by atoms with Crippen LogP contribution in [0.5, 0.6) is 5.75 Å². The topological polar surface area (TPSA) is 35.5 Å². The third kappa shape index (κ3) is 3.34. The Labute approximate surface area is 128 Å². The van der Waals surface area contributed by atoms with Crippen molar-refractivity contribution in [2.45, 2.75) is 25.6 Å². The van der Waals surface area contributed by atoms with Crippen LogP contribution in [0.15, 0.2) is 53.3 Å². The Balaban J connectivity index is 1.89. The van der Waals surface area contributed by atoms with Gasteiger partial charge in [0.05, 0.1) is 6.10 Å². The van der Waals surface area contributed by atoms with E-state index < -0.39 is 5.82 Å². The number of hydrogen-bond acceptors (Lipinski definition) is 3. The molecule has 3 rings (SSSR count). The Morgan fingerprint density at radius 1 is 1.18 bits per heavy atom. The molecule has 1 aliphatic rings. The second kappa shape index (κ2) is 6.71. The van der Waals surface area contributed by atoms with E-state index in [0.717, 1.165) is 18.4 Å². The van der Waals surface area contributed by atoms with Crippen LogP contribution in [-0.4, -0.2) is 6.61 Å². The largest absolute Gasteiger partial charge is 0.485 e. The third-order valence-corrected chi connectivity index (χ3v) is 3.69. The lowest BCUT2D eigenvalue weighted by Crippen LogP contribution is -2.13. The normalized spacial score (nSPS) is 17.4. The van der Waals surface area contributed by atoms with Gasteiger partial charge in [0.25, 0.3) is 0 Å². The Hall–Kier alpha value is -2.20. The summed E-state index contributed by atoms with van der Waals surface area (Å²) in [6, 6.07) is 13.4. The van der Waals surface area contributed by atoms with Crippen LogP contribution in [0, 0.1) is 5.82 Å². The summed E-state index contributed by atoms with van der Waals surface area (Å²) in [5.74, 6) is -0.310. The first-order valence-electron chi connectivity index (χ1n) is 7.36. The lowest BCUT2D eigenvalue weighted by Gasteiger charge is -2.08. The van der Waals surface area contributed by atoms with E-state index in [-0.39, 0.29) is 23.9 Å². The van der Waals surface area contributed by atoms with Gasteiger partial charge in [-0.1, -0.05) is 30.3 Å². The highest BCUT2D eigenvalue weighted by Crippen LogP contribution is 2.27. The summed E-state index contributed by atoms with van der Waals surface area (Å²) in [6.07, 6.45) is 1.27. The molecule has 0 radical (unpaired) electrons. The standard InChI is InChI=1S/C18H17FO3/c19-14-8-9-17(22-12-13-5-2-1-3-6-13)18(20)15(11-14)16-7-4-10-21-16/h1-3,5-6,8-9,11,16H,4,7,10,12H2. The molecule has 0 N–H and O–H groups in total. The van der Waals surface area contributed by atoms with Gasteiger partial charge in [-0.2, -0.15) is 0 Å². The lowest BCUT2D eigenvalue weighted by atomic mass is 10.1. The fourth-order valence-electron chi connectivity index (χ4n) is 2.55. The second-order valence-electron chi connectivity index (χ2n) is 5.29.